The molecule has 0 saturated heterocycles. The first-order valence-corrected chi connectivity index (χ1v) is 10.7. The van der Waals surface area contributed by atoms with E-state index in [-0.39, 0.29) is 27.9 Å². The van der Waals surface area contributed by atoms with Crippen molar-refractivity contribution in [2.75, 3.05) is 6.61 Å². The lowest BCUT2D eigenvalue weighted by molar-refractivity contribution is 0.0504. The fourth-order valence-electron chi connectivity index (χ4n) is 3.23. The Balaban J connectivity index is 1.50. The number of esters is 2. The Morgan fingerprint density at radius 3 is 2.38 bits per heavy atom. The highest BCUT2D eigenvalue weighted by Crippen LogP contribution is 2.25. The molecule has 1 heterocycles. The predicted molar refractivity (Wildman–Crippen MR) is 126 cm³/mol. The molecule has 4 aromatic rings. The molecule has 0 spiro atoms. The van der Waals surface area contributed by atoms with Crippen LogP contribution in [0.25, 0.3) is 11.0 Å². The van der Waals surface area contributed by atoms with Gasteiger partial charge in [-0.25, -0.2) is 9.59 Å². The lowest BCUT2D eigenvalue weighted by Crippen LogP contribution is -2.09. The molecule has 0 atom stereocenters. The van der Waals surface area contributed by atoms with Gasteiger partial charge in [-0.3, -0.25) is 4.79 Å². The van der Waals surface area contributed by atoms with Gasteiger partial charge in [0.05, 0.1) is 23.1 Å². The molecular weight excluding hydrogens is 436 g/mol. The summed E-state index contributed by atoms with van der Waals surface area (Å²) in [6.07, 6.45) is 1.93. The normalized spacial score (nSPS) is 10.6. The van der Waals surface area contributed by atoms with Gasteiger partial charge in [0, 0.05) is 6.07 Å². The summed E-state index contributed by atoms with van der Waals surface area (Å²) in [7, 11) is 0. The van der Waals surface area contributed by atoms with Crippen LogP contribution >= 0.6 is 0 Å². The maximum absolute atomic E-state index is 12.9. The van der Waals surface area contributed by atoms with Crippen molar-refractivity contribution in [2.45, 2.75) is 20.3 Å². The number of benzene rings is 3. The number of fused-ring (bicyclic) bond motifs is 1. The predicted octanol–water partition coefficient (Wildman–Crippen LogP) is 5.68. The monoisotopic (exact) mass is 458 g/mol. The largest absolute Gasteiger partial charge is 0.462 e. The second-order valence-electron chi connectivity index (χ2n) is 7.61. The molecule has 0 bridgehead atoms. The molecule has 0 amide bonds. The molecule has 0 radical (unpaired) electrons. The number of ether oxygens (including phenoxy) is 3. The summed E-state index contributed by atoms with van der Waals surface area (Å²) in [4.78, 5) is 37.1. The summed E-state index contributed by atoms with van der Waals surface area (Å²) < 4.78 is 21.7. The molecule has 0 unspecified atom stereocenters. The Morgan fingerprint density at radius 1 is 0.882 bits per heavy atom. The summed E-state index contributed by atoms with van der Waals surface area (Å²) in [6.45, 7) is 4.15. The van der Waals surface area contributed by atoms with E-state index < -0.39 is 11.9 Å². The molecular formula is C27H22O7. The standard InChI is InChI=1S/C27H22O7/c1-3-13-31-26(29)18-7-9-20(10-8-18)33-24-16-32-23-15-21(11-12-22(23)25(24)28)34-27(30)19-6-4-5-17(2)14-19/h4-12,14-16H,3,13H2,1-2H3. The van der Waals surface area contributed by atoms with Crippen molar-refractivity contribution in [3.63, 3.8) is 0 Å². The number of rotatable bonds is 7. The zero-order valence-electron chi connectivity index (χ0n) is 18.7. The Kier molecular flexibility index (Phi) is 6.73. The van der Waals surface area contributed by atoms with E-state index in [1.54, 1.807) is 42.5 Å². The average Bonchev–Trinajstić information content (AvgIpc) is 2.84. The molecule has 0 saturated carbocycles. The van der Waals surface area contributed by atoms with Crippen molar-refractivity contribution in [2.24, 2.45) is 0 Å². The Morgan fingerprint density at radius 2 is 1.65 bits per heavy atom. The Bertz CT molecular complexity index is 1400. The second kappa shape index (κ2) is 10.0. The molecule has 3 aromatic carbocycles. The lowest BCUT2D eigenvalue weighted by Gasteiger charge is -2.08. The first kappa shape index (κ1) is 22.8. The maximum Gasteiger partial charge on any atom is 0.343 e. The first-order chi connectivity index (χ1) is 16.4. The summed E-state index contributed by atoms with van der Waals surface area (Å²) in [5.41, 5.74) is 1.62. The van der Waals surface area contributed by atoms with Crippen LogP contribution in [0.5, 0.6) is 17.2 Å². The van der Waals surface area contributed by atoms with E-state index in [0.717, 1.165) is 12.0 Å². The number of aryl methyl sites for hydroxylation is 1. The molecule has 7 nitrogen and oxygen atoms in total. The van der Waals surface area contributed by atoms with Crippen molar-refractivity contribution in [1.82, 2.24) is 0 Å². The minimum atomic E-state index is -0.507. The molecule has 0 aliphatic rings. The summed E-state index contributed by atoms with van der Waals surface area (Å²) in [5.74, 6) is -0.327. The quantitative estimate of drug-likeness (QED) is 0.260. The zero-order valence-corrected chi connectivity index (χ0v) is 18.7. The molecule has 0 aliphatic heterocycles. The third-order valence-corrected chi connectivity index (χ3v) is 4.93. The first-order valence-electron chi connectivity index (χ1n) is 10.7. The van der Waals surface area contributed by atoms with Gasteiger partial charge in [0.25, 0.3) is 0 Å². The van der Waals surface area contributed by atoms with E-state index in [0.29, 0.717) is 23.5 Å². The van der Waals surface area contributed by atoms with Crippen LogP contribution in [-0.4, -0.2) is 18.5 Å². The molecule has 0 aliphatic carbocycles. The summed E-state index contributed by atoms with van der Waals surface area (Å²) >= 11 is 0. The minimum absolute atomic E-state index is 0.0154. The third-order valence-electron chi connectivity index (χ3n) is 4.93. The Labute approximate surface area is 195 Å². The fourth-order valence-corrected chi connectivity index (χ4v) is 3.23. The highest BCUT2D eigenvalue weighted by atomic mass is 16.5. The van der Waals surface area contributed by atoms with Crippen LogP contribution in [0.3, 0.4) is 0 Å². The molecule has 0 N–H and O–H groups in total. The van der Waals surface area contributed by atoms with E-state index in [2.05, 4.69) is 0 Å². The number of hydrogen-bond acceptors (Lipinski definition) is 7. The van der Waals surface area contributed by atoms with Crippen LogP contribution in [0.1, 0.15) is 39.6 Å². The van der Waals surface area contributed by atoms with Gasteiger partial charge in [-0.1, -0.05) is 24.6 Å². The highest BCUT2D eigenvalue weighted by molar-refractivity contribution is 5.92. The van der Waals surface area contributed by atoms with Crippen molar-refractivity contribution in [3.8, 4) is 17.2 Å². The molecule has 34 heavy (non-hydrogen) atoms. The maximum atomic E-state index is 12.9. The second-order valence-corrected chi connectivity index (χ2v) is 7.61. The molecule has 0 fully saturated rings. The number of carbonyl (C=O) groups is 2. The molecule has 7 heteroatoms. The van der Waals surface area contributed by atoms with Crippen molar-refractivity contribution in [3.05, 3.63) is 99.9 Å². The van der Waals surface area contributed by atoms with Crippen LogP contribution in [0, 0.1) is 6.92 Å². The van der Waals surface area contributed by atoms with Gasteiger partial charge in [-0.05, 0) is 61.9 Å². The fraction of sp³-hybridized carbons (Fsp3) is 0.148. The molecule has 172 valence electrons. The van der Waals surface area contributed by atoms with E-state index in [9.17, 15) is 14.4 Å². The number of hydrogen-bond donors (Lipinski definition) is 0. The van der Waals surface area contributed by atoms with Gasteiger partial charge in [-0.2, -0.15) is 0 Å². The van der Waals surface area contributed by atoms with Gasteiger partial charge in [0.15, 0.2) is 0 Å². The van der Waals surface area contributed by atoms with Gasteiger partial charge < -0.3 is 18.6 Å². The SMILES string of the molecule is CCCOC(=O)c1ccc(Oc2coc3cc(OC(=O)c4cccc(C)c4)ccc3c2=O)cc1. The lowest BCUT2D eigenvalue weighted by atomic mass is 10.1. The molecule has 1 aromatic heterocycles. The zero-order chi connectivity index (χ0) is 24.1. The smallest absolute Gasteiger partial charge is 0.343 e. The average molecular weight is 458 g/mol. The van der Waals surface area contributed by atoms with Crippen LogP contribution in [0.4, 0.5) is 0 Å². The molecule has 4 rings (SSSR count). The highest BCUT2D eigenvalue weighted by Gasteiger charge is 2.14. The minimum Gasteiger partial charge on any atom is -0.462 e. The van der Waals surface area contributed by atoms with Crippen LogP contribution in [-0.2, 0) is 4.74 Å². The van der Waals surface area contributed by atoms with E-state index in [1.807, 2.05) is 19.9 Å². The van der Waals surface area contributed by atoms with Gasteiger partial charge >= 0.3 is 11.9 Å². The topological polar surface area (TPSA) is 92.0 Å². The van der Waals surface area contributed by atoms with Crippen LogP contribution in [0.15, 0.2) is 82.2 Å². The van der Waals surface area contributed by atoms with Crippen LogP contribution in [0.2, 0.25) is 0 Å². The van der Waals surface area contributed by atoms with Crippen molar-refractivity contribution in [1.29, 1.82) is 0 Å². The van der Waals surface area contributed by atoms with Gasteiger partial charge in [0.1, 0.15) is 23.3 Å². The van der Waals surface area contributed by atoms with Gasteiger partial charge in [-0.15, -0.1) is 0 Å². The summed E-state index contributed by atoms with van der Waals surface area (Å²) in [5, 5.41) is 0.271. The Hall–Kier alpha value is -4.39. The number of carbonyl (C=O) groups excluding carboxylic acids is 2. The van der Waals surface area contributed by atoms with E-state index in [4.69, 9.17) is 18.6 Å². The van der Waals surface area contributed by atoms with Crippen LogP contribution < -0.4 is 14.9 Å². The summed E-state index contributed by atoms with van der Waals surface area (Å²) in [6, 6.07) is 17.8. The third kappa shape index (κ3) is 5.15. The van der Waals surface area contributed by atoms with Crippen molar-refractivity contribution < 1.29 is 28.2 Å². The van der Waals surface area contributed by atoms with E-state index >= 15 is 0 Å². The van der Waals surface area contributed by atoms with E-state index in [1.165, 1.54) is 24.5 Å². The van der Waals surface area contributed by atoms with Crippen molar-refractivity contribution >= 4 is 22.9 Å². The van der Waals surface area contributed by atoms with Gasteiger partial charge in [0.2, 0.25) is 11.2 Å².